The summed E-state index contributed by atoms with van der Waals surface area (Å²) in [5.74, 6) is -3.96. The van der Waals surface area contributed by atoms with E-state index in [9.17, 15) is 24.3 Å². The molecule has 0 radical (unpaired) electrons. The third-order valence-electron chi connectivity index (χ3n) is 7.79. The van der Waals surface area contributed by atoms with Crippen molar-refractivity contribution in [3.63, 3.8) is 0 Å². The molecule has 6 unspecified atom stereocenters. The number of aromatic hydroxyl groups is 1. The first-order valence-corrected chi connectivity index (χ1v) is 11.6. The zero-order chi connectivity index (χ0) is 22.9. The molecule has 7 nitrogen and oxygen atoms in total. The normalized spacial score (nSPS) is 33.9. The van der Waals surface area contributed by atoms with E-state index in [-0.39, 0.29) is 41.8 Å². The number of phenolic OH excluding ortho intramolecular Hbond substituents is 1. The Morgan fingerprint density at radius 1 is 0.906 bits per heavy atom. The number of rotatable bonds is 3. The lowest BCUT2D eigenvalue weighted by Crippen LogP contribution is -2.43. The molecule has 1 aromatic carbocycles. The monoisotopic (exact) mass is 456 g/mol. The number of hydrogen-bond donors (Lipinski definition) is 1. The summed E-state index contributed by atoms with van der Waals surface area (Å²) in [4.78, 5) is 55.1. The summed E-state index contributed by atoms with van der Waals surface area (Å²) >= 11 is 6.25. The minimum absolute atomic E-state index is 0.000954. The van der Waals surface area contributed by atoms with Gasteiger partial charge in [0.1, 0.15) is 5.75 Å². The van der Waals surface area contributed by atoms with Crippen LogP contribution >= 0.6 is 11.6 Å². The Labute approximate surface area is 191 Å². The van der Waals surface area contributed by atoms with Crippen LogP contribution in [0, 0.1) is 29.6 Å². The van der Waals surface area contributed by atoms with Gasteiger partial charge in [0, 0.05) is 29.6 Å². The van der Waals surface area contributed by atoms with E-state index in [0.717, 1.165) is 5.57 Å². The van der Waals surface area contributed by atoms with E-state index in [1.807, 2.05) is 6.08 Å². The molecule has 0 bridgehead atoms. The summed E-state index contributed by atoms with van der Waals surface area (Å²) in [5.41, 5.74) is 1.35. The van der Waals surface area contributed by atoms with E-state index in [1.54, 1.807) is 26.0 Å². The molecule has 6 atom stereocenters. The fourth-order valence-corrected chi connectivity index (χ4v) is 6.65. The highest BCUT2D eigenvalue weighted by atomic mass is 35.5. The van der Waals surface area contributed by atoms with Crippen LogP contribution in [-0.2, 0) is 19.2 Å². The van der Waals surface area contributed by atoms with Crippen molar-refractivity contribution < 1.29 is 24.3 Å². The second-order valence-corrected chi connectivity index (χ2v) is 9.51. The number of phenols is 1. The van der Waals surface area contributed by atoms with Crippen LogP contribution in [0.5, 0.6) is 5.75 Å². The van der Waals surface area contributed by atoms with Crippen molar-refractivity contribution in [2.45, 2.75) is 32.6 Å². The first-order valence-electron chi connectivity index (χ1n) is 11.2. The van der Waals surface area contributed by atoms with Crippen LogP contribution < -0.4 is 0 Å². The minimum Gasteiger partial charge on any atom is -0.508 e. The van der Waals surface area contributed by atoms with Crippen LogP contribution in [0.15, 0.2) is 29.8 Å². The summed E-state index contributed by atoms with van der Waals surface area (Å²) in [7, 11) is 0. The zero-order valence-electron chi connectivity index (χ0n) is 18.0. The number of likely N-dealkylation sites (tertiary alicyclic amines) is 2. The SMILES string of the molecule is CCN1C(=O)C2CC=C3C(CC4C(=O)N(CC)C(=O)C4C3c3cc(Cl)ccc3O)C2C1=O. The lowest BCUT2D eigenvalue weighted by Gasteiger charge is -2.44. The predicted octanol–water partition coefficient (Wildman–Crippen LogP) is 2.72. The van der Waals surface area contributed by atoms with Gasteiger partial charge in [0.15, 0.2) is 0 Å². The summed E-state index contributed by atoms with van der Waals surface area (Å²) < 4.78 is 0. The Kier molecular flexibility index (Phi) is 4.93. The maximum Gasteiger partial charge on any atom is 0.234 e. The van der Waals surface area contributed by atoms with Crippen LogP contribution in [0.1, 0.15) is 38.2 Å². The van der Waals surface area contributed by atoms with Gasteiger partial charge in [-0.15, -0.1) is 0 Å². The van der Waals surface area contributed by atoms with Crippen molar-refractivity contribution >= 4 is 35.2 Å². The molecule has 8 heteroatoms. The molecule has 1 saturated carbocycles. The van der Waals surface area contributed by atoms with Crippen molar-refractivity contribution in [2.75, 3.05) is 13.1 Å². The minimum atomic E-state index is -0.652. The number of imide groups is 2. The molecule has 2 heterocycles. The number of amides is 4. The molecule has 2 aliphatic carbocycles. The van der Waals surface area contributed by atoms with Crippen LogP contribution in [0.3, 0.4) is 0 Å². The highest BCUT2D eigenvalue weighted by Gasteiger charge is 2.61. The van der Waals surface area contributed by atoms with Gasteiger partial charge >= 0.3 is 0 Å². The predicted molar refractivity (Wildman–Crippen MR) is 115 cm³/mol. The van der Waals surface area contributed by atoms with Crippen molar-refractivity contribution in [1.82, 2.24) is 9.80 Å². The second-order valence-electron chi connectivity index (χ2n) is 9.07. The fourth-order valence-electron chi connectivity index (χ4n) is 6.46. The van der Waals surface area contributed by atoms with Gasteiger partial charge in [0.25, 0.3) is 0 Å². The lowest BCUT2D eigenvalue weighted by atomic mass is 9.57. The van der Waals surface area contributed by atoms with Gasteiger partial charge in [-0.1, -0.05) is 23.3 Å². The van der Waals surface area contributed by atoms with E-state index in [2.05, 4.69) is 0 Å². The quantitative estimate of drug-likeness (QED) is 0.557. The largest absolute Gasteiger partial charge is 0.508 e. The number of carbonyl (C=O) groups excluding carboxylic acids is 4. The van der Waals surface area contributed by atoms with E-state index in [0.29, 0.717) is 30.0 Å². The number of carbonyl (C=O) groups is 4. The van der Waals surface area contributed by atoms with Crippen LogP contribution in [-0.4, -0.2) is 51.6 Å². The Morgan fingerprint density at radius 3 is 2.19 bits per heavy atom. The van der Waals surface area contributed by atoms with E-state index >= 15 is 0 Å². The highest BCUT2D eigenvalue weighted by Crippen LogP contribution is 2.58. The van der Waals surface area contributed by atoms with Gasteiger partial charge in [-0.2, -0.15) is 0 Å². The van der Waals surface area contributed by atoms with Crippen molar-refractivity contribution in [3.05, 3.63) is 40.4 Å². The maximum absolute atomic E-state index is 13.3. The van der Waals surface area contributed by atoms with Crippen LogP contribution in [0.2, 0.25) is 5.02 Å². The van der Waals surface area contributed by atoms with E-state index in [4.69, 9.17) is 11.6 Å². The number of halogens is 1. The Bertz CT molecular complexity index is 1080. The summed E-state index contributed by atoms with van der Waals surface area (Å²) in [6.07, 6.45) is 2.73. The Morgan fingerprint density at radius 2 is 1.53 bits per heavy atom. The standard InChI is InChI=1S/C24H25ClN2O5/c1-3-26-21(29)13-7-6-12-14(19(13)23(26)31)10-16-20(24(32)27(4-2)22(16)30)18(12)15-9-11(25)5-8-17(15)28/h5-6,8-9,13-14,16,18-20,28H,3-4,7,10H2,1-2H3. The molecule has 4 amide bonds. The average Bonchev–Trinajstić information content (AvgIpc) is 3.17. The van der Waals surface area contributed by atoms with Gasteiger partial charge in [-0.05, 0) is 50.8 Å². The number of nitrogens with zero attached hydrogens (tertiary/aromatic N) is 2. The topological polar surface area (TPSA) is 95.0 Å². The molecule has 4 aliphatic rings. The smallest absolute Gasteiger partial charge is 0.234 e. The molecule has 2 aliphatic heterocycles. The fraction of sp³-hybridized carbons (Fsp3) is 0.500. The van der Waals surface area contributed by atoms with Crippen molar-refractivity contribution in [2.24, 2.45) is 29.6 Å². The molecule has 0 spiro atoms. The average molecular weight is 457 g/mol. The molecule has 2 saturated heterocycles. The highest BCUT2D eigenvalue weighted by molar-refractivity contribution is 6.30. The number of allylic oxidation sites excluding steroid dienone is 2. The Balaban J connectivity index is 1.67. The van der Waals surface area contributed by atoms with Gasteiger partial charge in [0.05, 0.1) is 23.7 Å². The summed E-state index contributed by atoms with van der Waals surface area (Å²) in [6.45, 7) is 4.14. The molecular formula is C24H25ClN2O5. The van der Waals surface area contributed by atoms with Gasteiger partial charge in [-0.3, -0.25) is 29.0 Å². The molecule has 1 N–H and O–H groups in total. The first-order chi connectivity index (χ1) is 15.3. The molecule has 3 fully saturated rings. The van der Waals surface area contributed by atoms with Gasteiger partial charge in [0.2, 0.25) is 23.6 Å². The number of benzene rings is 1. The molecule has 1 aromatic rings. The van der Waals surface area contributed by atoms with Crippen molar-refractivity contribution in [3.8, 4) is 5.75 Å². The molecular weight excluding hydrogens is 432 g/mol. The maximum atomic E-state index is 13.3. The number of hydrogen-bond acceptors (Lipinski definition) is 5. The van der Waals surface area contributed by atoms with Gasteiger partial charge < -0.3 is 5.11 Å². The zero-order valence-corrected chi connectivity index (χ0v) is 18.7. The van der Waals surface area contributed by atoms with Crippen LogP contribution in [0.4, 0.5) is 0 Å². The molecule has 168 valence electrons. The van der Waals surface area contributed by atoms with Gasteiger partial charge in [-0.25, -0.2) is 0 Å². The third-order valence-corrected chi connectivity index (χ3v) is 8.02. The third kappa shape index (κ3) is 2.73. The summed E-state index contributed by atoms with van der Waals surface area (Å²) in [6, 6.07) is 4.70. The van der Waals surface area contributed by atoms with E-state index < -0.39 is 29.6 Å². The molecule has 5 rings (SSSR count). The first kappa shape index (κ1) is 21.2. The lowest BCUT2D eigenvalue weighted by molar-refractivity contribution is -0.141. The summed E-state index contributed by atoms with van der Waals surface area (Å²) in [5, 5.41) is 11.1. The Hall–Kier alpha value is -2.67. The van der Waals surface area contributed by atoms with E-state index in [1.165, 1.54) is 15.9 Å². The second kappa shape index (κ2) is 7.44. The van der Waals surface area contributed by atoms with Crippen LogP contribution in [0.25, 0.3) is 0 Å². The van der Waals surface area contributed by atoms with Crippen molar-refractivity contribution in [1.29, 1.82) is 0 Å². The number of fused-ring (bicyclic) bond motifs is 4. The molecule has 32 heavy (non-hydrogen) atoms. The molecule has 0 aromatic heterocycles.